The van der Waals surface area contributed by atoms with Crippen LogP contribution in [0.2, 0.25) is 0 Å². The molecule has 3 N–H and O–H groups in total. The second-order valence-electron chi connectivity index (χ2n) is 4.56. The van der Waals surface area contributed by atoms with E-state index in [0.717, 1.165) is 12.8 Å². The van der Waals surface area contributed by atoms with E-state index in [1.807, 2.05) is 13.8 Å². The summed E-state index contributed by atoms with van der Waals surface area (Å²) in [6, 6.07) is 3.31. The van der Waals surface area contributed by atoms with Crippen LogP contribution in [0.3, 0.4) is 0 Å². The van der Waals surface area contributed by atoms with Gasteiger partial charge in [-0.25, -0.2) is 4.98 Å². The van der Waals surface area contributed by atoms with Crippen LogP contribution in [0.15, 0.2) is 18.3 Å². The van der Waals surface area contributed by atoms with Gasteiger partial charge in [-0.15, -0.1) is 12.4 Å². The molecule has 0 fully saturated rings. The molecule has 17 heavy (non-hydrogen) atoms. The van der Waals surface area contributed by atoms with Crippen LogP contribution in [-0.4, -0.2) is 16.4 Å². The Morgan fingerprint density at radius 1 is 1.47 bits per heavy atom. The van der Waals surface area contributed by atoms with Gasteiger partial charge in [0.1, 0.15) is 5.69 Å². The minimum Gasteiger partial charge on any atom is -0.397 e. The van der Waals surface area contributed by atoms with Gasteiger partial charge < -0.3 is 11.1 Å². The maximum atomic E-state index is 11.8. The number of carbonyl (C=O) groups excluding carboxylic acids is 1. The Balaban J connectivity index is 0.00000256. The molecule has 1 aromatic heterocycles. The molecule has 0 atom stereocenters. The van der Waals surface area contributed by atoms with Crippen molar-refractivity contribution in [3.8, 4) is 0 Å². The minimum atomic E-state index is -0.200. The second-order valence-corrected chi connectivity index (χ2v) is 4.56. The predicted octanol–water partition coefficient (Wildman–Crippen LogP) is 2.39. The van der Waals surface area contributed by atoms with E-state index in [9.17, 15) is 4.79 Å². The van der Waals surface area contributed by atoms with Gasteiger partial charge in [-0.3, -0.25) is 4.79 Å². The minimum absolute atomic E-state index is 0. The van der Waals surface area contributed by atoms with Crippen molar-refractivity contribution in [2.45, 2.75) is 39.2 Å². The number of aromatic nitrogens is 1. The predicted molar refractivity (Wildman–Crippen MR) is 72.4 cm³/mol. The Hall–Kier alpha value is -1.29. The molecule has 0 spiro atoms. The first kappa shape index (κ1) is 15.7. The zero-order chi connectivity index (χ0) is 12.2. The molecule has 1 rings (SSSR count). The number of hydrogen-bond acceptors (Lipinski definition) is 3. The summed E-state index contributed by atoms with van der Waals surface area (Å²) in [4.78, 5) is 15.8. The van der Waals surface area contributed by atoms with Crippen molar-refractivity contribution in [2.75, 3.05) is 5.73 Å². The smallest absolute Gasteiger partial charge is 0.270 e. The first-order valence-electron chi connectivity index (χ1n) is 5.48. The first-order chi connectivity index (χ1) is 7.44. The zero-order valence-electron chi connectivity index (χ0n) is 10.5. The van der Waals surface area contributed by atoms with E-state index in [2.05, 4.69) is 17.2 Å². The summed E-state index contributed by atoms with van der Waals surface area (Å²) in [5, 5.41) is 2.95. The number of nitrogen functional groups attached to an aromatic ring is 1. The lowest BCUT2D eigenvalue weighted by Gasteiger charge is -2.25. The molecule has 0 radical (unpaired) electrons. The van der Waals surface area contributed by atoms with E-state index in [-0.39, 0.29) is 23.9 Å². The van der Waals surface area contributed by atoms with Gasteiger partial charge >= 0.3 is 0 Å². The Morgan fingerprint density at radius 2 is 2.12 bits per heavy atom. The Kier molecular flexibility index (Phi) is 5.96. The molecule has 96 valence electrons. The number of nitrogens with one attached hydrogen (secondary N) is 1. The number of halogens is 1. The summed E-state index contributed by atoms with van der Waals surface area (Å²) in [7, 11) is 0. The van der Waals surface area contributed by atoms with Crippen LogP contribution in [0.5, 0.6) is 0 Å². The third-order valence-corrected chi connectivity index (χ3v) is 2.35. The van der Waals surface area contributed by atoms with E-state index in [1.54, 1.807) is 12.1 Å². The van der Waals surface area contributed by atoms with Crippen LogP contribution in [0, 0.1) is 0 Å². The molecule has 1 heterocycles. The third kappa shape index (κ3) is 5.04. The van der Waals surface area contributed by atoms with Crippen LogP contribution >= 0.6 is 12.4 Å². The molecule has 1 amide bonds. The maximum absolute atomic E-state index is 11.8. The first-order valence-corrected chi connectivity index (χ1v) is 5.48. The van der Waals surface area contributed by atoms with Crippen LogP contribution in [0.1, 0.15) is 44.1 Å². The van der Waals surface area contributed by atoms with Gasteiger partial charge in [0.2, 0.25) is 0 Å². The summed E-state index contributed by atoms with van der Waals surface area (Å²) in [5.74, 6) is -0.154. The quantitative estimate of drug-likeness (QED) is 0.870. The van der Waals surface area contributed by atoms with Crippen molar-refractivity contribution in [3.63, 3.8) is 0 Å². The Morgan fingerprint density at radius 3 is 2.59 bits per heavy atom. The van der Waals surface area contributed by atoms with E-state index in [1.165, 1.54) is 6.20 Å². The second kappa shape index (κ2) is 6.45. The number of carbonyl (C=O) groups is 1. The standard InChI is InChI=1S/C12H19N3O.ClH/c1-4-7-12(2,3)15-11(16)10-6-5-9(13)8-14-10;/h5-6,8H,4,7,13H2,1-3H3,(H,15,16);1H. The van der Waals surface area contributed by atoms with Gasteiger partial charge in [-0.05, 0) is 32.4 Å². The molecule has 0 aliphatic rings. The fourth-order valence-electron chi connectivity index (χ4n) is 1.60. The van der Waals surface area contributed by atoms with Gasteiger partial charge in [-0.1, -0.05) is 13.3 Å². The van der Waals surface area contributed by atoms with Crippen molar-refractivity contribution >= 4 is 24.0 Å². The number of amides is 1. The molecule has 0 aliphatic heterocycles. The molecular formula is C12H20ClN3O. The molecular weight excluding hydrogens is 238 g/mol. The summed E-state index contributed by atoms with van der Waals surface area (Å²) in [6.07, 6.45) is 3.46. The highest BCUT2D eigenvalue weighted by Gasteiger charge is 2.20. The molecule has 4 nitrogen and oxygen atoms in total. The molecule has 1 aromatic rings. The van der Waals surface area contributed by atoms with Crippen molar-refractivity contribution in [1.29, 1.82) is 0 Å². The Bertz CT molecular complexity index is 363. The fraction of sp³-hybridized carbons (Fsp3) is 0.500. The highest BCUT2D eigenvalue weighted by Crippen LogP contribution is 2.12. The lowest BCUT2D eigenvalue weighted by atomic mass is 9.99. The summed E-state index contributed by atoms with van der Waals surface area (Å²) < 4.78 is 0. The van der Waals surface area contributed by atoms with E-state index in [0.29, 0.717) is 11.4 Å². The van der Waals surface area contributed by atoms with Gasteiger partial charge in [0.25, 0.3) is 5.91 Å². The van der Waals surface area contributed by atoms with Crippen LogP contribution in [0.4, 0.5) is 5.69 Å². The lowest BCUT2D eigenvalue weighted by Crippen LogP contribution is -2.43. The molecule has 0 saturated carbocycles. The SMILES string of the molecule is CCCC(C)(C)NC(=O)c1ccc(N)cn1.Cl. The Labute approximate surface area is 108 Å². The fourth-order valence-corrected chi connectivity index (χ4v) is 1.60. The molecule has 0 bridgehead atoms. The highest BCUT2D eigenvalue weighted by molar-refractivity contribution is 5.92. The third-order valence-electron chi connectivity index (χ3n) is 2.35. The van der Waals surface area contributed by atoms with Crippen molar-refractivity contribution in [2.24, 2.45) is 0 Å². The highest BCUT2D eigenvalue weighted by atomic mass is 35.5. The number of nitrogens with two attached hydrogens (primary N) is 1. The largest absolute Gasteiger partial charge is 0.397 e. The number of rotatable bonds is 4. The number of anilines is 1. The van der Waals surface area contributed by atoms with Gasteiger partial charge in [-0.2, -0.15) is 0 Å². The van der Waals surface area contributed by atoms with E-state index < -0.39 is 0 Å². The van der Waals surface area contributed by atoms with E-state index in [4.69, 9.17) is 5.73 Å². The molecule has 0 saturated heterocycles. The van der Waals surface area contributed by atoms with Crippen molar-refractivity contribution in [1.82, 2.24) is 10.3 Å². The zero-order valence-corrected chi connectivity index (χ0v) is 11.3. The normalized spacial score (nSPS) is 10.5. The van der Waals surface area contributed by atoms with E-state index >= 15 is 0 Å². The summed E-state index contributed by atoms with van der Waals surface area (Å²) >= 11 is 0. The van der Waals surface area contributed by atoms with Crippen LogP contribution in [-0.2, 0) is 0 Å². The lowest BCUT2D eigenvalue weighted by molar-refractivity contribution is 0.0904. The molecule has 0 aromatic carbocycles. The van der Waals surface area contributed by atoms with Gasteiger partial charge in [0.05, 0.1) is 11.9 Å². The average molecular weight is 258 g/mol. The van der Waals surface area contributed by atoms with Crippen molar-refractivity contribution in [3.05, 3.63) is 24.0 Å². The topological polar surface area (TPSA) is 68.0 Å². The maximum Gasteiger partial charge on any atom is 0.270 e. The van der Waals surface area contributed by atoms with Crippen molar-refractivity contribution < 1.29 is 4.79 Å². The monoisotopic (exact) mass is 257 g/mol. The average Bonchev–Trinajstić information content (AvgIpc) is 2.17. The molecule has 0 unspecified atom stereocenters. The van der Waals surface area contributed by atoms with Gasteiger partial charge in [0, 0.05) is 5.54 Å². The van der Waals surface area contributed by atoms with Crippen LogP contribution in [0.25, 0.3) is 0 Å². The molecule has 5 heteroatoms. The number of pyridine rings is 1. The van der Waals surface area contributed by atoms with Crippen LogP contribution < -0.4 is 11.1 Å². The summed E-state index contributed by atoms with van der Waals surface area (Å²) in [5.41, 5.74) is 6.27. The number of nitrogens with zero attached hydrogens (tertiary/aromatic N) is 1. The van der Waals surface area contributed by atoms with Gasteiger partial charge in [0.15, 0.2) is 0 Å². The summed E-state index contributed by atoms with van der Waals surface area (Å²) in [6.45, 7) is 6.10. The molecule has 0 aliphatic carbocycles. The number of hydrogen-bond donors (Lipinski definition) is 2.